The lowest BCUT2D eigenvalue weighted by molar-refractivity contribution is -0.128. The molecule has 1 aliphatic heterocycles. The molecule has 0 bridgehead atoms. The number of hydrogen-bond donors (Lipinski definition) is 1. The summed E-state index contributed by atoms with van der Waals surface area (Å²) in [7, 11) is 1.69. The van der Waals surface area contributed by atoms with Crippen LogP contribution >= 0.6 is 11.8 Å². The highest BCUT2D eigenvalue weighted by Gasteiger charge is 2.32. The number of methoxy groups -OCH3 is 1. The Hall–Kier alpha value is -3.25. The van der Waals surface area contributed by atoms with Gasteiger partial charge < -0.3 is 15.0 Å². The molecule has 5 nitrogen and oxygen atoms in total. The summed E-state index contributed by atoms with van der Waals surface area (Å²) in [6.45, 7) is 8.91. The Labute approximate surface area is 218 Å². The molecular formula is C30H34N2O3S. The van der Waals surface area contributed by atoms with Gasteiger partial charge in [-0.25, -0.2) is 0 Å². The van der Waals surface area contributed by atoms with Gasteiger partial charge in [0.1, 0.15) is 11.1 Å². The van der Waals surface area contributed by atoms with Crippen LogP contribution < -0.4 is 10.1 Å². The summed E-state index contributed by atoms with van der Waals surface area (Å²) < 4.78 is 5.56. The number of carbonyl (C=O) groups excluding carboxylic acids is 2. The zero-order valence-electron chi connectivity index (χ0n) is 21.6. The summed E-state index contributed by atoms with van der Waals surface area (Å²) in [6.07, 6.45) is 0. The molecule has 0 saturated carbocycles. The molecular weight excluding hydrogens is 468 g/mol. The van der Waals surface area contributed by atoms with E-state index in [0.29, 0.717) is 23.8 Å². The lowest BCUT2D eigenvalue weighted by atomic mass is 9.93. The van der Waals surface area contributed by atoms with Crippen molar-refractivity contribution in [2.24, 2.45) is 0 Å². The highest BCUT2D eigenvalue weighted by Crippen LogP contribution is 2.39. The van der Waals surface area contributed by atoms with Crippen molar-refractivity contribution in [3.63, 3.8) is 0 Å². The number of benzene rings is 3. The van der Waals surface area contributed by atoms with E-state index in [-0.39, 0.29) is 23.2 Å². The van der Waals surface area contributed by atoms with E-state index >= 15 is 0 Å². The largest absolute Gasteiger partial charge is 0.496 e. The molecule has 2 unspecified atom stereocenters. The van der Waals surface area contributed by atoms with E-state index in [0.717, 1.165) is 33.6 Å². The first kappa shape index (κ1) is 25.8. The monoisotopic (exact) mass is 502 g/mol. The van der Waals surface area contributed by atoms with Gasteiger partial charge >= 0.3 is 0 Å². The maximum atomic E-state index is 13.1. The molecule has 3 aromatic carbocycles. The minimum absolute atomic E-state index is 0.0508. The molecule has 36 heavy (non-hydrogen) atoms. The molecule has 1 fully saturated rings. The average Bonchev–Trinajstić information content (AvgIpc) is 3.23. The first-order valence-electron chi connectivity index (χ1n) is 12.3. The van der Waals surface area contributed by atoms with Gasteiger partial charge in [0, 0.05) is 12.1 Å². The van der Waals surface area contributed by atoms with Crippen LogP contribution in [0.4, 0.5) is 0 Å². The van der Waals surface area contributed by atoms with Crippen LogP contribution in [0.15, 0.2) is 66.7 Å². The SMILES string of the molecule is COc1cc(C)c(C(C)NC(=O)c2ccc(C3SCC(=O)N3Cc3ccccc3)cc2)cc1C(C)C. The molecule has 0 spiro atoms. The molecule has 1 heterocycles. The number of aryl methyl sites for hydroxylation is 1. The van der Waals surface area contributed by atoms with Gasteiger partial charge in [-0.05, 0) is 71.8 Å². The van der Waals surface area contributed by atoms with E-state index in [2.05, 4.69) is 25.2 Å². The molecule has 0 aromatic heterocycles. The van der Waals surface area contributed by atoms with Gasteiger partial charge in [0.15, 0.2) is 0 Å². The van der Waals surface area contributed by atoms with E-state index in [9.17, 15) is 9.59 Å². The highest BCUT2D eigenvalue weighted by atomic mass is 32.2. The van der Waals surface area contributed by atoms with Gasteiger partial charge in [-0.15, -0.1) is 11.8 Å². The number of ether oxygens (including phenoxy) is 1. The number of amides is 2. The molecule has 2 atom stereocenters. The van der Waals surface area contributed by atoms with E-state index in [1.54, 1.807) is 18.9 Å². The first-order valence-corrected chi connectivity index (χ1v) is 13.4. The van der Waals surface area contributed by atoms with E-state index < -0.39 is 0 Å². The average molecular weight is 503 g/mol. The number of nitrogens with one attached hydrogen (secondary N) is 1. The van der Waals surface area contributed by atoms with Crippen LogP contribution in [-0.4, -0.2) is 29.6 Å². The molecule has 1 aliphatic rings. The third kappa shape index (κ3) is 5.59. The summed E-state index contributed by atoms with van der Waals surface area (Å²) in [6, 6.07) is 21.7. The third-order valence-electron chi connectivity index (χ3n) is 6.68. The van der Waals surface area contributed by atoms with Crippen LogP contribution in [0.1, 0.15) is 76.3 Å². The van der Waals surface area contributed by atoms with Crippen molar-refractivity contribution in [1.29, 1.82) is 0 Å². The number of carbonyl (C=O) groups is 2. The molecule has 1 N–H and O–H groups in total. The van der Waals surface area contributed by atoms with Crippen molar-refractivity contribution in [3.05, 3.63) is 100 Å². The molecule has 2 amide bonds. The Morgan fingerprint density at radius 2 is 1.75 bits per heavy atom. The molecule has 0 radical (unpaired) electrons. The lowest BCUT2D eigenvalue weighted by Gasteiger charge is -2.24. The normalized spacial score (nSPS) is 16.3. The second-order valence-corrected chi connectivity index (χ2v) is 10.7. The number of rotatable bonds is 8. The minimum Gasteiger partial charge on any atom is -0.496 e. The topological polar surface area (TPSA) is 58.6 Å². The maximum Gasteiger partial charge on any atom is 0.251 e. The van der Waals surface area contributed by atoms with Crippen molar-refractivity contribution < 1.29 is 14.3 Å². The number of hydrogen-bond acceptors (Lipinski definition) is 4. The Balaban J connectivity index is 1.47. The van der Waals surface area contributed by atoms with Crippen LogP contribution in [0, 0.1) is 6.92 Å². The second-order valence-electron chi connectivity index (χ2n) is 9.59. The zero-order chi connectivity index (χ0) is 25.8. The summed E-state index contributed by atoms with van der Waals surface area (Å²) in [5, 5.41) is 3.09. The summed E-state index contributed by atoms with van der Waals surface area (Å²) in [5.74, 6) is 1.69. The lowest BCUT2D eigenvalue weighted by Crippen LogP contribution is -2.28. The fraction of sp³-hybridized carbons (Fsp3) is 0.333. The van der Waals surface area contributed by atoms with Crippen molar-refractivity contribution in [1.82, 2.24) is 10.2 Å². The molecule has 4 rings (SSSR count). The molecule has 188 valence electrons. The summed E-state index contributed by atoms with van der Waals surface area (Å²) in [4.78, 5) is 27.5. The molecule has 6 heteroatoms. The fourth-order valence-corrected chi connectivity index (χ4v) is 5.84. The standard InChI is InChI=1S/C30H34N2O3S/c1-19(2)25-16-26(20(3)15-27(25)35-5)21(4)31-29(34)23-11-13-24(14-12-23)30-32(28(33)18-36-30)17-22-9-7-6-8-10-22/h6-16,19,21,30H,17-18H2,1-5H3,(H,31,34). The van der Waals surface area contributed by atoms with Crippen molar-refractivity contribution in [2.75, 3.05) is 12.9 Å². The predicted molar refractivity (Wildman–Crippen MR) is 146 cm³/mol. The molecule has 3 aromatic rings. The summed E-state index contributed by atoms with van der Waals surface area (Å²) in [5.41, 5.74) is 6.04. The maximum absolute atomic E-state index is 13.1. The van der Waals surface area contributed by atoms with Crippen LogP contribution in [0.25, 0.3) is 0 Å². The Morgan fingerprint density at radius 3 is 2.39 bits per heavy atom. The van der Waals surface area contributed by atoms with Gasteiger partial charge in [0.2, 0.25) is 5.91 Å². The van der Waals surface area contributed by atoms with Gasteiger partial charge in [-0.1, -0.05) is 56.3 Å². The Bertz CT molecular complexity index is 1220. The molecule has 1 saturated heterocycles. The van der Waals surface area contributed by atoms with Crippen LogP contribution in [-0.2, 0) is 11.3 Å². The van der Waals surface area contributed by atoms with Crippen LogP contribution in [0.2, 0.25) is 0 Å². The fourth-order valence-electron chi connectivity index (χ4n) is 4.65. The highest BCUT2D eigenvalue weighted by molar-refractivity contribution is 8.00. The van der Waals surface area contributed by atoms with Crippen LogP contribution in [0.5, 0.6) is 5.75 Å². The van der Waals surface area contributed by atoms with Crippen LogP contribution in [0.3, 0.4) is 0 Å². The van der Waals surface area contributed by atoms with E-state index in [4.69, 9.17) is 4.74 Å². The second kappa shape index (κ2) is 11.2. The zero-order valence-corrected chi connectivity index (χ0v) is 22.4. The third-order valence-corrected chi connectivity index (χ3v) is 7.93. The van der Waals surface area contributed by atoms with E-state index in [1.165, 1.54) is 0 Å². The van der Waals surface area contributed by atoms with Gasteiger partial charge in [0.25, 0.3) is 5.91 Å². The van der Waals surface area contributed by atoms with Crippen molar-refractivity contribution >= 4 is 23.6 Å². The first-order chi connectivity index (χ1) is 17.3. The van der Waals surface area contributed by atoms with Gasteiger partial charge in [-0.2, -0.15) is 0 Å². The molecule has 0 aliphatic carbocycles. The number of nitrogens with zero attached hydrogens (tertiary/aromatic N) is 1. The Morgan fingerprint density at radius 1 is 1.06 bits per heavy atom. The predicted octanol–water partition coefficient (Wildman–Crippen LogP) is 6.39. The Kier molecular flexibility index (Phi) is 8.04. The van der Waals surface area contributed by atoms with Gasteiger partial charge in [0.05, 0.1) is 18.9 Å². The van der Waals surface area contributed by atoms with Crippen molar-refractivity contribution in [2.45, 2.75) is 51.6 Å². The van der Waals surface area contributed by atoms with Crippen molar-refractivity contribution in [3.8, 4) is 5.75 Å². The minimum atomic E-state index is -0.148. The smallest absolute Gasteiger partial charge is 0.251 e. The summed E-state index contributed by atoms with van der Waals surface area (Å²) >= 11 is 1.63. The quantitative estimate of drug-likeness (QED) is 0.388. The van der Waals surface area contributed by atoms with E-state index in [1.807, 2.05) is 79.4 Å². The number of thioether (sulfide) groups is 1. The van der Waals surface area contributed by atoms with Gasteiger partial charge in [-0.3, -0.25) is 9.59 Å².